The topological polar surface area (TPSA) is 0 Å². The summed E-state index contributed by atoms with van der Waals surface area (Å²) in [5.74, 6) is 1.09. The SMILES string of the molecule is CCC12CC3CC(C)(C1)CC(CC)(C3)C2. The van der Waals surface area contributed by atoms with Gasteiger partial charge in [0.05, 0.1) is 0 Å². The highest BCUT2D eigenvalue weighted by Gasteiger charge is 2.60. The molecule has 2 atom stereocenters. The van der Waals surface area contributed by atoms with Crippen LogP contribution in [0.4, 0.5) is 0 Å². The van der Waals surface area contributed by atoms with Gasteiger partial charge in [0.15, 0.2) is 0 Å². The van der Waals surface area contributed by atoms with E-state index in [0.29, 0.717) is 0 Å². The first-order valence-electron chi connectivity index (χ1n) is 7.03. The van der Waals surface area contributed by atoms with Crippen molar-refractivity contribution in [1.82, 2.24) is 0 Å². The van der Waals surface area contributed by atoms with E-state index in [-0.39, 0.29) is 0 Å². The van der Waals surface area contributed by atoms with Gasteiger partial charge in [0, 0.05) is 0 Å². The fourth-order valence-electron chi connectivity index (χ4n) is 6.15. The van der Waals surface area contributed by atoms with E-state index in [0.717, 1.165) is 22.2 Å². The van der Waals surface area contributed by atoms with Crippen molar-refractivity contribution >= 4 is 0 Å². The lowest BCUT2D eigenvalue weighted by Gasteiger charge is -2.66. The lowest BCUT2D eigenvalue weighted by atomic mass is 9.39. The Bertz CT molecular complexity index is 258. The number of hydrogen-bond acceptors (Lipinski definition) is 0. The largest absolute Gasteiger partial charge is 0.0649 e. The van der Waals surface area contributed by atoms with Gasteiger partial charge in [-0.2, -0.15) is 0 Å². The predicted molar refractivity (Wildman–Crippen MR) is 64.7 cm³/mol. The fraction of sp³-hybridized carbons (Fsp3) is 1.00. The Morgan fingerprint density at radius 1 is 0.867 bits per heavy atom. The molecule has 0 aromatic carbocycles. The molecule has 0 nitrogen and oxygen atoms in total. The molecule has 4 rings (SSSR count). The average molecular weight is 206 g/mol. The molecule has 4 fully saturated rings. The summed E-state index contributed by atoms with van der Waals surface area (Å²) in [6.45, 7) is 7.48. The first-order chi connectivity index (χ1) is 7.03. The Morgan fingerprint density at radius 2 is 1.40 bits per heavy atom. The summed E-state index contributed by atoms with van der Waals surface area (Å²) in [5, 5.41) is 0. The highest BCUT2D eigenvalue weighted by Crippen LogP contribution is 2.71. The minimum absolute atomic E-state index is 0.728. The minimum atomic E-state index is 0.728. The normalized spacial score (nSPS) is 57.4. The van der Waals surface area contributed by atoms with Crippen LogP contribution in [0.2, 0.25) is 0 Å². The molecule has 2 unspecified atom stereocenters. The van der Waals surface area contributed by atoms with Crippen molar-refractivity contribution in [3.63, 3.8) is 0 Å². The molecule has 0 radical (unpaired) electrons. The van der Waals surface area contributed by atoms with Gasteiger partial charge in [-0.25, -0.2) is 0 Å². The van der Waals surface area contributed by atoms with Crippen molar-refractivity contribution in [1.29, 1.82) is 0 Å². The molecular formula is C15H26. The summed E-state index contributed by atoms with van der Waals surface area (Å²) in [6, 6.07) is 0. The molecule has 4 bridgehead atoms. The van der Waals surface area contributed by atoms with E-state index in [4.69, 9.17) is 0 Å². The summed E-state index contributed by atoms with van der Waals surface area (Å²) >= 11 is 0. The molecule has 4 aliphatic carbocycles. The van der Waals surface area contributed by atoms with Crippen LogP contribution >= 0.6 is 0 Å². The quantitative estimate of drug-likeness (QED) is 0.610. The van der Waals surface area contributed by atoms with E-state index in [1.54, 1.807) is 38.5 Å². The van der Waals surface area contributed by atoms with E-state index in [1.807, 2.05) is 0 Å². The van der Waals surface area contributed by atoms with Crippen molar-refractivity contribution < 1.29 is 0 Å². The van der Waals surface area contributed by atoms with Crippen molar-refractivity contribution in [3.8, 4) is 0 Å². The Labute approximate surface area is 94.8 Å². The third kappa shape index (κ3) is 1.33. The molecule has 86 valence electrons. The monoisotopic (exact) mass is 206 g/mol. The van der Waals surface area contributed by atoms with E-state index in [1.165, 1.54) is 12.8 Å². The van der Waals surface area contributed by atoms with E-state index in [9.17, 15) is 0 Å². The standard InChI is InChI=1S/C15H26/c1-4-14-7-12-6-13(3,9-14)10-15(5-2,8-12)11-14/h12H,4-11H2,1-3H3. The lowest BCUT2D eigenvalue weighted by molar-refractivity contribution is -0.154. The average Bonchev–Trinajstić information content (AvgIpc) is 2.14. The summed E-state index contributed by atoms with van der Waals surface area (Å²) in [7, 11) is 0. The van der Waals surface area contributed by atoms with Gasteiger partial charge in [0.1, 0.15) is 0 Å². The van der Waals surface area contributed by atoms with Gasteiger partial charge in [-0.3, -0.25) is 0 Å². The first-order valence-corrected chi connectivity index (χ1v) is 7.03. The van der Waals surface area contributed by atoms with Crippen LogP contribution in [0, 0.1) is 22.2 Å². The molecular weight excluding hydrogens is 180 g/mol. The third-order valence-corrected chi connectivity index (χ3v) is 6.08. The summed E-state index contributed by atoms with van der Waals surface area (Å²) in [4.78, 5) is 0. The van der Waals surface area contributed by atoms with Crippen molar-refractivity contribution in [2.45, 2.75) is 72.1 Å². The molecule has 4 saturated carbocycles. The number of hydrogen-bond donors (Lipinski definition) is 0. The van der Waals surface area contributed by atoms with E-state index in [2.05, 4.69) is 20.8 Å². The summed E-state index contributed by atoms with van der Waals surface area (Å²) in [5.41, 5.74) is 2.26. The van der Waals surface area contributed by atoms with Crippen LogP contribution in [0.3, 0.4) is 0 Å². The van der Waals surface area contributed by atoms with Crippen LogP contribution in [0.1, 0.15) is 72.1 Å². The van der Waals surface area contributed by atoms with Gasteiger partial charge in [-0.15, -0.1) is 0 Å². The fourth-order valence-corrected chi connectivity index (χ4v) is 6.15. The zero-order chi connectivity index (χ0) is 10.7. The Morgan fingerprint density at radius 3 is 1.80 bits per heavy atom. The van der Waals surface area contributed by atoms with Gasteiger partial charge in [-0.1, -0.05) is 33.6 Å². The zero-order valence-corrected chi connectivity index (χ0v) is 10.7. The Hall–Kier alpha value is 0. The van der Waals surface area contributed by atoms with Crippen molar-refractivity contribution in [2.24, 2.45) is 22.2 Å². The van der Waals surface area contributed by atoms with Gasteiger partial charge in [-0.05, 0) is 60.7 Å². The van der Waals surface area contributed by atoms with Crippen LogP contribution in [0.25, 0.3) is 0 Å². The Kier molecular flexibility index (Phi) is 1.91. The Balaban J connectivity index is 2.00. The first kappa shape index (κ1) is 10.2. The third-order valence-electron chi connectivity index (χ3n) is 6.08. The summed E-state index contributed by atoms with van der Waals surface area (Å²) < 4.78 is 0. The lowest BCUT2D eigenvalue weighted by Crippen LogP contribution is -2.55. The van der Waals surface area contributed by atoms with Crippen LogP contribution < -0.4 is 0 Å². The van der Waals surface area contributed by atoms with E-state index < -0.39 is 0 Å². The molecule has 0 amide bonds. The molecule has 4 aliphatic rings. The molecule has 0 spiro atoms. The molecule has 0 aromatic heterocycles. The van der Waals surface area contributed by atoms with Crippen LogP contribution in [0.15, 0.2) is 0 Å². The van der Waals surface area contributed by atoms with Gasteiger partial charge >= 0.3 is 0 Å². The second-order valence-electron chi connectivity index (χ2n) is 7.53. The van der Waals surface area contributed by atoms with Crippen LogP contribution in [-0.4, -0.2) is 0 Å². The number of rotatable bonds is 2. The predicted octanol–water partition coefficient (Wildman–Crippen LogP) is 4.78. The maximum Gasteiger partial charge on any atom is -0.0287 e. The van der Waals surface area contributed by atoms with E-state index >= 15 is 0 Å². The molecule has 15 heavy (non-hydrogen) atoms. The minimum Gasteiger partial charge on any atom is -0.0649 e. The van der Waals surface area contributed by atoms with Gasteiger partial charge in [0.2, 0.25) is 0 Å². The maximum atomic E-state index is 2.59. The van der Waals surface area contributed by atoms with Crippen LogP contribution in [0.5, 0.6) is 0 Å². The highest BCUT2D eigenvalue weighted by molar-refractivity contribution is 5.10. The van der Waals surface area contributed by atoms with Gasteiger partial charge < -0.3 is 0 Å². The molecule has 0 heterocycles. The van der Waals surface area contributed by atoms with Crippen LogP contribution in [-0.2, 0) is 0 Å². The molecule has 0 heteroatoms. The molecule has 0 aliphatic heterocycles. The second kappa shape index (κ2) is 2.81. The molecule has 0 N–H and O–H groups in total. The highest BCUT2D eigenvalue weighted by atomic mass is 14.6. The second-order valence-corrected chi connectivity index (χ2v) is 7.53. The van der Waals surface area contributed by atoms with Gasteiger partial charge in [0.25, 0.3) is 0 Å². The van der Waals surface area contributed by atoms with Crippen molar-refractivity contribution in [2.75, 3.05) is 0 Å². The molecule has 0 aromatic rings. The molecule has 0 saturated heterocycles. The smallest absolute Gasteiger partial charge is 0.0287 e. The maximum absolute atomic E-state index is 2.59. The van der Waals surface area contributed by atoms with Crippen molar-refractivity contribution in [3.05, 3.63) is 0 Å². The zero-order valence-electron chi connectivity index (χ0n) is 10.7. The summed E-state index contributed by atoms with van der Waals surface area (Å²) in [6.07, 6.45) is 12.3.